The largest absolute Gasteiger partial charge is 0.493 e. The van der Waals surface area contributed by atoms with Gasteiger partial charge in [-0.2, -0.15) is 0 Å². The molecule has 156 valence electrons. The number of nitrogens with zero attached hydrogens (tertiary/aromatic N) is 1. The molecule has 6 nitrogen and oxygen atoms in total. The van der Waals surface area contributed by atoms with Crippen molar-refractivity contribution in [2.75, 3.05) is 25.7 Å². The summed E-state index contributed by atoms with van der Waals surface area (Å²) in [6.07, 6.45) is 1.62. The molecule has 0 saturated carbocycles. The lowest BCUT2D eigenvalue weighted by molar-refractivity contribution is -0.135. The van der Waals surface area contributed by atoms with Crippen LogP contribution >= 0.6 is 23.5 Å². The van der Waals surface area contributed by atoms with Gasteiger partial charge < -0.3 is 18.8 Å². The topological polar surface area (TPSA) is 66.8 Å². The average Bonchev–Trinajstić information content (AvgIpc) is 3.42. The van der Waals surface area contributed by atoms with Crippen molar-refractivity contribution in [2.24, 2.45) is 0 Å². The summed E-state index contributed by atoms with van der Waals surface area (Å²) in [5.74, 6) is 2.27. The van der Waals surface area contributed by atoms with Gasteiger partial charge in [-0.1, -0.05) is 24.3 Å². The van der Waals surface area contributed by atoms with Crippen molar-refractivity contribution in [3.05, 3.63) is 59.8 Å². The number of thioether (sulfide) groups is 2. The highest BCUT2D eigenvalue weighted by Gasteiger charge is 2.21. The number of carbonyl (C=O) groups is 2. The molecule has 1 aromatic heterocycles. The minimum absolute atomic E-state index is 0.0449. The van der Waals surface area contributed by atoms with Crippen molar-refractivity contribution < 1.29 is 23.8 Å². The van der Waals surface area contributed by atoms with E-state index in [1.165, 1.54) is 7.11 Å². The Morgan fingerprint density at radius 3 is 2.57 bits per heavy atom. The van der Waals surface area contributed by atoms with Crippen molar-refractivity contribution in [1.29, 1.82) is 0 Å². The van der Waals surface area contributed by atoms with Crippen LogP contribution in [0, 0.1) is 0 Å². The van der Waals surface area contributed by atoms with Gasteiger partial charge in [0.15, 0.2) is 11.5 Å². The van der Waals surface area contributed by atoms with Crippen molar-refractivity contribution >= 4 is 46.4 Å². The third-order valence-electron chi connectivity index (χ3n) is 4.80. The second-order valence-electron chi connectivity index (χ2n) is 6.64. The number of ether oxygens (including phenoxy) is 3. The SMILES string of the molecule is COC(=O)c1cn(CC(=O)Oc2ccc(C3SCCS3)cc2OC)c2ccccc12. The van der Waals surface area contributed by atoms with E-state index in [4.69, 9.17) is 14.2 Å². The van der Waals surface area contributed by atoms with Crippen molar-refractivity contribution in [2.45, 2.75) is 11.1 Å². The lowest BCUT2D eigenvalue weighted by atomic mass is 10.2. The maximum atomic E-state index is 12.7. The molecule has 1 saturated heterocycles. The van der Waals surface area contributed by atoms with Crippen LogP contribution in [0.5, 0.6) is 11.5 Å². The molecule has 0 bridgehead atoms. The van der Waals surface area contributed by atoms with Crippen molar-refractivity contribution in [1.82, 2.24) is 4.57 Å². The van der Waals surface area contributed by atoms with Gasteiger partial charge in [-0.05, 0) is 23.8 Å². The monoisotopic (exact) mass is 443 g/mol. The van der Waals surface area contributed by atoms with E-state index < -0.39 is 11.9 Å². The van der Waals surface area contributed by atoms with E-state index in [1.807, 2.05) is 59.9 Å². The molecular formula is C22H21NO5S2. The smallest absolute Gasteiger partial charge is 0.340 e. The fraction of sp³-hybridized carbons (Fsp3) is 0.273. The first-order chi connectivity index (χ1) is 14.6. The molecule has 1 aliphatic rings. The molecule has 3 aromatic rings. The average molecular weight is 444 g/mol. The Labute approximate surface area is 182 Å². The van der Waals surface area contributed by atoms with Crippen molar-refractivity contribution in [3.8, 4) is 11.5 Å². The van der Waals surface area contributed by atoms with E-state index in [0.717, 1.165) is 28.0 Å². The van der Waals surface area contributed by atoms with Crippen molar-refractivity contribution in [3.63, 3.8) is 0 Å². The summed E-state index contributed by atoms with van der Waals surface area (Å²) < 4.78 is 18.0. The molecule has 1 aliphatic heterocycles. The standard InChI is InChI=1S/C22H21NO5S2/c1-26-19-11-14(22-29-9-10-30-22)7-8-18(19)28-20(24)13-23-12-16(21(25)27-2)15-5-3-4-6-17(15)23/h3-8,11-12,22H,9-10,13H2,1-2H3. The van der Waals surface area contributed by atoms with Crippen LogP contribution in [0.1, 0.15) is 20.5 Å². The highest BCUT2D eigenvalue weighted by atomic mass is 32.2. The van der Waals surface area contributed by atoms with E-state index in [2.05, 4.69) is 0 Å². The molecule has 0 radical (unpaired) electrons. The number of rotatable bonds is 6. The number of aromatic nitrogens is 1. The zero-order chi connectivity index (χ0) is 21.1. The number of methoxy groups -OCH3 is 2. The van der Waals surface area contributed by atoms with Gasteiger partial charge in [-0.3, -0.25) is 0 Å². The second kappa shape index (κ2) is 9.06. The van der Waals surface area contributed by atoms with Gasteiger partial charge in [-0.25, -0.2) is 9.59 Å². The summed E-state index contributed by atoms with van der Waals surface area (Å²) >= 11 is 3.80. The van der Waals surface area contributed by atoms with Crippen LogP contribution in [0.15, 0.2) is 48.7 Å². The van der Waals surface area contributed by atoms with E-state index in [-0.39, 0.29) is 6.54 Å². The normalized spacial score (nSPS) is 14.1. The molecular weight excluding hydrogens is 422 g/mol. The quantitative estimate of drug-likeness (QED) is 0.410. The number of esters is 2. The van der Waals surface area contributed by atoms with Gasteiger partial charge in [0.1, 0.15) is 6.54 Å². The molecule has 0 atom stereocenters. The summed E-state index contributed by atoms with van der Waals surface area (Å²) in [6.45, 7) is -0.0449. The molecule has 8 heteroatoms. The summed E-state index contributed by atoms with van der Waals surface area (Å²) in [5.41, 5.74) is 2.32. The maximum absolute atomic E-state index is 12.7. The molecule has 2 aromatic carbocycles. The van der Waals surface area contributed by atoms with Gasteiger partial charge in [0.05, 0.1) is 24.4 Å². The highest BCUT2D eigenvalue weighted by Crippen LogP contribution is 2.47. The predicted octanol–water partition coefficient (Wildman–Crippen LogP) is 4.52. The Hall–Kier alpha value is -2.58. The van der Waals surface area contributed by atoms with Gasteiger partial charge in [0.2, 0.25) is 0 Å². The molecule has 4 rings (SSSR count). The summed E-state index contributed by atoms with van der Waals surface area (Å²) in [4.78, 5) is 24.7. The predicted molar refractivity (Wildman–Crippen MR) is 120 cm³/mol. The Bertz CT molecular complexity index is 1090. The first-order valence-corrected chi connectivity index (χ1v) is 11.5. The van der Waals surface area contributed by atoms with E-state index >= 15 is 0 Å². The molecule has 1 fully saturated rings. The maximum Gasteiger partial charge on any atom is 0.340 e. The molecule has 30 heavy (non-hydrogen) atoms. The van der Waals surface area contributed by atoms with Gasteiger partial charge >= 0.3 is 11.9 Å². The van der Waals surface area contributed by atoms with E-state index in [9.17, 15) is 9.59 Å². The number of hydrogen-bond donors (Lipinski definition) is 0. The third-order valence-corrected chi connectivity index (χ3v) is 7.90. The van der Waals surface area contributed by atoms with Gasteiger partial charge in [-0.15, -0.1) is 23.5 Å². The Balaban J connectivity index is 1.54. The Morgan fingerprint density at radius 1 is 1.07 bits per heavy atom. The van der Waals surface area contributed by atoms with Crippen LogP contribution < -0.4 is 9.47 Å². The number of carbonyl (C=O) groups excluding carboxylic acids is 2. The lowest BCUT2D eigenvalue weighted by Crippen LogP contribution is -2.16. The van der Waals surface area contributed by atoms with Gasteiger partial charge in [0.25, 0.3) is 0 Å². The molecule has 0 aliphatic carbocycles. The number of hydrogen-bond acceptors (Lipinski definition) is 7. The molecule has 0 amide bonds. The molecule has 0 unspecified atom stereocenters. The number of para-hydroxylation sites is 1. The van der Waals surface area contributed by atoms with Crippen LogP contribution in [0.4, 0.5) is 0 Å². The number of fused-ring (bicyclic) bond motifs is 1. The summed E-state index contributed by atoms with van der Waals surface area (Å²) in [5, 5.41) is 0.727. The number of benzene rings is 2. The minimum Gasteiger partial charge on any atom is -0.493 e. The second-order valence-corrected chi connectivity index (χ2v) is 9.36. The minimum atomic E-state index is -0.456. The Morgan fingerprint density at radius 2 is 1.83 bits per heavy atom. The summed E-state index contributed by atoms with van der Waals surface area (Å²) in [7, 11) is 2.90. The van der Waals surface area contributed by atoms with E-state index in [1.54, 1.807) is 23.9 Å². The van der Waals surface area contributed by atoms with Crippen LogP contribution in [0.2, 0.25) is 0 Å². The Kier molecular flexibility index (Phi) is 6.24. The lowest BCUT2D eigenvalue weighted by Gasteiger charge is -2.14. The third kappa shape index (κ3) is 4.15. The fourth-order valence-electron chi connectivity index (χ4n) is 3.41. The zero-order valence-electron chi connectivity index (χ0n) is 16.6. The van der Waals surface area contributed by atoms with Crippen LogP contribution in [-0.4, -0.2) is 42.2 Å². The fourth-order valence-corrected chi connectivity index (χ4v) is 6.25. The first kappa shape index (κ1) is 20.7. The first-order valence-electron chi connectivity index (χ1n) is 9.38. The van der Waals surface area contributed by atoms with Crippen LogP contribution in [0.3, 0.4) is 0 Å². The molecule has 2 heterocycles. The van der Waals surface area contributed by atoms with Crippen LogP contribution in [-0.2, 0) is 16.1 Å². The summed E-state index contributed by atoms with van der Waals surface area (Å²) in [6, 6.07) is 13.0. The highest BCUT2D eigenvalue weighted by molar-refractivity contribution is 8.19. The van der Waals surface area contributed by atoms with Gasteiger partial charge in [0, 0.05) is 28.6 Å². The zero-order valence-corrected chi connectivity index (χ0v) is 18.3. The van der Waals surface area contributed by atoms with Crippen LogP contribution in [0.25, 0.3) is 10.9 Å². The van der Waals surface area contributed by atoms with E-state index in [0.29, 0.717) is 21.6 Å². The molecule has 0 spiro atoms. The molecule has 0 N–H and O–H groups in total.